The fraction of sp³-hybridized carbons (Fsp3) is 0.424. The van der Waals surface area contributed by atoms with Gasteiger partial charge in [-0.2, -0.15) is 4.31 Å². The zero-order valence-electron chi connectivity index (χ0n) is 26.3. The van der Waals surface area contributed by atoms with Crippen LogP contribution in [0.1, 0.15) is 50.7 Å². The van der Waals surface area contributed by atoms with Crippen LogP contribution in [-0.2, 0) is 19.9 Å². The van der Waals surface area contributed by atoms with Crippen molar-refractivity contribution >= 4 is 31.3 Å². The van der Waals surface area contributed by atoms with Gasteiger partial charge in [-0.15, -0.1) is 0 Å². The van der Waals surface area contributed by atoms with Crippen molar-refractivity contribution in [3.63, 3.8) is 0 Å². The number of fused-ring (bicyclic) bond motifs is 3. The van der Waals surface area contributed by atoms with E-state index >= 15 is 0 Å². The average Bonchev–Trinajstić information content (AvgIpc) is 3.36. The molecule has 1 aliphatic heterocycles. The SMILES string of the molecule is COc1cc(N2CCN(S(=O)(=O)c3ccc4c(c3)/C(=N/O)c3cc(S(=O)(=O)C5CCC(C)(C)CC5)ccc3-4)CC2)c(OC)cc1F. The summed E-state index contributed by atoms with van der Waals surface area (Å²) in [6.45, 7) is 5.32. The van der Waals surface area contributed by atoms with Gasteiger partial charge in [0.15, 0.2) is 21.4 Å². The van der Waals surface area contributed by atoms with Crippen LogP contribution in [0.4, 0.5) is 10.1 Å². The highest BCUT2D eigenvalue weighted by Gasteiger charge is 2.37. The third-order valence-corrected chi connectivity index (χ3v) is 13.8. The van der Waals surface area contributed by atoms with Crippen molar-refractivity contribution in [1.29, 1.82) is 0 Å². The number of rotatable bonds is 7. The Hall–Kier alpha value is -3.68. The fourth-order valence-electron chi connectivity index (χ4n) is 6.78. The first-order chi connectivity index (χ1) is 21.8. The van der Waals surface area contributed by atoms with Gasteiger partial charge in [0.1, 0.15) is 11.5 Å². The Morgan fingerprint density at radius 3 is 1.93 bits per heavy atom. The lowest BCUT2D eigenvalue weighted by atomic mass is 9.77. The maximum absolute atomic E-state index is 14.2. The van der Waals surface area contributed by atoms with E-state index < -0.39 is 30.9 Å². The highest BCUT2D eigenvalue weighted by Crippen LogP contribution is 2.43. The maximum Gasteiger partial charge on any atom is 0.243 e. The molecule has 1 heterocycles. The topological polar surface area (TPSA) is 126 Å². The molecule has 0 unspecified atom stereocenters. The van der Waals surface area contributed by atoms with Crippen molar-refractivity contribution in [2.24, 2.45) is 10.6 Å². The van der Waals surface area contributed by atoms with Crippen molar-refractivity contribution in [2.75, 3.05) is 45.3 Å². The van der Waals surface area contributed by atoms with Gasteiger partial charge in [-0.25, -0.2) is 21.2 Å². The van der Waals surface area contributed by atoms with Gasteiger partial charge in [-0.3, -0.25) is 0 Å². The van der Waals surface area contributed by atoms with Gasteiger partial charge in [0, 0.05) is 49.4 Å². The molecule has 13 heteroatoms. The van der Waals surface area contributed by atoms with Gasteiger partial charge in [0.2, 0.25) is 10.0 Å². The summed E-state index contributed by atoms with van der Waals surface area (Å²) in [4.78, 5) is 2.13. The molecule has 0 amide bonds. The summed E-state index contributed by atoms with van der Waals surface area (Å²) in [5.41, 5.74) is 3.05. The van der Waals surface area contributed by atoms with E-state index in [0.717, 1.165) is 12.8 Å². The van der Waals surface area contributed by atoms with Gasteiger partial charge in [0.05, 0.1) is 34.9 Å². The Morgan fingerprint density at radius 2 is 1.37 bits per heavy atom. The summed E-state index contributed by atoms with van der Waals surface area (Å²) >= 11 is 0. The summed E-state index contributed by atoms with van der Waals surface area (Å²) in [5.74, 6) is -0.170. The molecule has 0 spiro atoms. The van der Waals surface area contributed by atoms with Crippen LogP contribution in [0.5, 0.6) is 11.5 Å². The molecule has 246 valence electrons. The van der Waals surface area contributed by atoms with E-state index in [2.05, 4.69) is 19.0 Å². The molecule has 0 radical (unpaired) electrons. The van der Waals surface area contributed by atoms with Crippen molar-refractivity contribution in [1.82, 2.24) is 4.31 Å². The Bertz CT molecular complexity index is 1930. The largest absolute Gasteiger partial charge is 0.494 e. The summed E-state index contributed by atoms with van der Waals surface area (Å²) in [6.07, 6.45) is 2.85. The Balaban J connectivity index is 1.23. The molecule has 2 fully saturated rings. The highest BCUT2D eigenvalue weighted by molar-refractivity contribution is 7.92. The molecule has 10 nitrogen and oxygen atoms in total. The monoisotopic (exact) mass is 671 g/mol. The number of halogens is 1. The minimum absolute atomic E-state index is 0.0346. The number of sulfone groups is 1. The lowest BCUT2D eigenvalue weighted by Crippen LogP contribution is -2.48. The summed E-state index contributed by atoms with van der Waals surface area (Å²) in [5, 5.41) is 13.1. The molecule has 3 aromatic carbocycles. The molecule has 2 aliphatic carbocycles. The number of hydrogen-bond donors (Lipinski definition) is 1. The Kier molecular flexibility index (Phi) is 8.31. The van der Waals surface area contributed by atoms with E-state index in [4.69, 9.17) is 9.47 Å². The van der Waals surface area contributed by atoms with Gasteiger partial charge < -0.3 is 19.6 Å². The van der Waals surface area contributed by atoms with Crippen molar-refractivity contribution in [3.05, 3.63) is 65.5 Å². The number of anilines is 1. The third-order valence-electron chi connectivity index (χ3n) is 9.61. The lowest BCUT2D eigenvalue weighted by Gasteiger charge is -2.36. The zero-order valence-corrected chi connectivity index (χ0v) is 27.9. The molecule has 3 aliphatic rings. The highest BCUT2D eigenvalue weighted by atomic mass is 32.2. The van der Waals surface area contributed by atoms with Crippen molar-refractivity contribution in [2.45, 2.75) is 54.6 Å². The normalized spacial score (nSPS) is 19.6. The van der Waals surface area contributed by atoms with Gasteiger partial charge >= 0.3 is 0 Å². The first-order valence-electron chi connectivity index (χ1n) is 15.2. The first kappa shape index (κ1) is 32.3. The minimum atomic E-state index is -3.94. The minimum Gasteiger partial charge on any atom is -0.494 e. The number of hydrogen-bond acceptors (Lipinski definition) is 9. The quantitative estimate of drug-likeness (QED) is 0.207. The second-order valence-electron chi connectivity index (χ2n) is 12.8. The van der Waals surface area contributed by atoms with Crippen LogP contribution in [0, 0.1) is 11.2 Å². The van der Waals surface area contributed by atoms with Crippen molar-refractivity contribution in [3.8, 4) is 22.6 Å². The number of benzene rings is 3. The van der Waals surface area contributed by atoms with Crippen LogP contribution in [0.25, 0.3) is 11.1 Å². The van der Waals surface area contributed by atoms with E-state index in [-0.39, 0.29) is 39.8 Å². The van der Waals surface area contributed by atoms with Crippen LogP contribution in [0.15, 0.2) is 63.5 Å². The molecule has 0 bridgehead atoms. The number of nitrogens with zero attached hydrogens (tertiary/aromatic N) is 3. The number of methoxy groups -OCH3 is 2. The van der Waals surface area contributed by atoms with E-state index in [1.807, 2.05) is 4.90 Å². The predicted octanol–water partition coefficient (Wildman–Crippen LogP) is 5.30. The maximum atomic E-state index is 14.2. The van der Waals surface area contributed by atoms with Crippen LogP contribution in [0.2, 0.25) is 0 Å². The number of oxime groups is 1. The van der Waals surface area contributed by atoms with E-state index in [9.17, 15) is 26.4 Å². The summed E-state index contributed by atoms with van der Waals surface area (Å²) < 4.78 is 80.9. The molecule has 46 heavy (non-hydrogen) atoms. The van der Waals surface area contributed by atoms with Gasteiger partial charge in [-0.05, 0) is 66.5 Å². The molecule has 0 aromatic heterocycles. The standard InChI is InChI=1S/C33H38FN3O7S2/c1-33(2)11-9-21(10-12-33)45(39,40)22-5-7-24-25-8-6-23(18-27(25)32(35-38)26(24)17-22)46(41,42)37-15-13-36(14-16-37)29-20-30(43-3)28(34)19-31(29)44-4/h5-8,17-21,38H,9-16H2,1-4H3/b35-32+. The summed E-state index contributed by atoms with van der Waals surface area (Å²) in [6, 6.07) is 12.3. The van der Waals surface area contributed by atoms with Crippen LogP contribution in [-0.4, -0.2) is 77.7 Å². The van der Waals surface area contributed by atoms with Gasteiger partial charge in [-0.1, -0.05) is 31.1 Å². The zero-order chi connectivity index (χ0) is 33.0. The molecular weight excluding hydrogens is 634 g/mol. The first-order valence-corrected chi connectivity index (χ1v) is 18.2. The average molecular weight is 672 g/mol. The van der Waals surface area contributed by atoms with Crippen molar-refractivity contribution < 1.29 is 35.9 Å². The lowest BCUT2D eigenvalue weighted by molar-refractivity contribution is 0.246. The molecule has 1 N–H and O–H groups in total. The second-order valence-corrected chi connectivity index (χ2v) is 17.0. The van der Waals surface area contributed by atoms with Crippen LogP contribution >= 0.6 is 0 Å². The Labute approximate surface area is 269 Å². The molecule has 0 atom stereocenters. The third kappa shape index (κ3) is 5.51. The number of ether oxygens (including phenoxy) is 2. The van der Waals surface area contributed by atoms with E-state index in [0.29, 0.717) is 59.6 Å². The smallest absolute Gasteiger partial charge is 0.243 e. The predicted molar refractivity (Wildman–Crippen MR) is 173 cm³/mol. The summed E-state index contributed by atoms with van der Waals surface area (Å²) in [7, 11) is -4.73. The second kappa shape index (κ2) is 11.8. The Morgan fingerprint density at radius 1 is 0.804 bits per heavy atom. The van der Waals surface area contributed by atoms with Gasteiger partial charge in [0.25, 0.3) is 0 Å². The van der Waals surface area contributed by atoms with Crippen LogP contribution < -0.4 is 14.4 Å². The molecular formula is C33H38FN3O7S2. The van der Waals surface area contributed by atoms with E-state index in [1.54, 1.807) is 30.3 Å². The molecule has 3 aromatic rings. The van der Waals surface area contributed by atoms with Crippen LogP contribution in [0.3, 0.4) is 0 Å². The molecule has 1 saturated carbocycles. The van der Waals surface area contributed by atoms with E-state index in [1.165, 1.54) is 36.7 Å². The number of sulfonamides is 1. The number of piperazine rings is 1. The molecule has 1 saturated heterocycles. The fourth-order valence-corrected chi connectivity index (χ4v) is 10.0. The molecule has 6 rings (SSSR count).